The van der Waals surface area contributed by atoms with E-state index in [1.54, 1.807) is 18.2 Å². The first-order valence-corrected chi connectivity index (χ1v) is 9.16. The van der Waals surface area contributed by atoms with Crippen molar-refractivity contribution in [3.8, 4) is 17.2 Å². The number of ether oxygens (including phenoxy) is 3. The number of hydrogen-bond donors (Lipinski definition) is 1. The van der Waals surface area contributed by atoms with Gasteiger partial charge in [-0.25, -0.2) is 0 Å². The number of hydrogen-bond acceptors (Lipinski definition) is 6. The van der Waals surface area contributed by atoms with Gasteiger partial charge in [-0.3, -0.25) is 9.69 Å². The molecule has 4 rings (SSSR count). The molecule has 2 aromatic rings. The number of para-hydroxylation sites is 1. The summed E-state index contributed by atoms with van der Waals surface area (Å²) in [4.78, 5) is 14.9. The highest BCUT2D eigenvalue weighted by Gasteiger charge is 2.32. The fourth-order valence-electron chi connectivity index (χ4n) is 3.38. The maximum atomic E-state index is 12.8. The van der Waals surface area contributed by atoms with Crippen LogP contribution in [0, 0.1) is 0 Å². The van der Waals surface area contributed by atoms with Crippen LogP contribution in [0.5, 0.6) is 17.2 Å². The van der Waals surface area contributed by atoms with Gasteiger partial charge in [0, 0.05) is 25.2 Å². The van der Waals surface area contributed by atoms with Crippen LogP contribution in [0.1, 0.15) is 21.5 Å². The molecule has 0 unspecified atom stereocenters. The maximum Gasteiger partial charge on any atom is 0.387 e. The molecule has 0 bridgehead atoms. The number of rotatable bonds is 5. The van der Waals surface area contributed by atoms with E-state index in [2.05, 4.69) is 9.64 Å². The van der Waals surface area contributed by atoms with Crippen molar-refractivity contribution in [1.29, 1.82) is 0 Å². The zero-order valence-electron chi connectivity index (χ0n) is 15.4. The van der Waals surface area contributed by atoms with E-state index in [-0.39, 0.29) is 23.0 Å². The second kappa shape index (κ2) is 8.18. The average Bonchev–Trinajstić information content (AvgIpc) is 3.02. The normalized spacial score (nSPS) is 18.2. The van der Waals surface area contributed by atoms with Gasteiger partial charge in [0.2, 0.25) is 5.78 Å². The van der Waals surface area contributed by atoms with Crippen LogP contribution in [0.3, 0.4) is 0 Å². The van der Waals surface area contributed by atoms with Crippen LogP contribution in [0.25, 0.3) is 6.08 Å². The molecular weight excluding hydrogens is 384 g/mol. The lowest BCUT2D eigenvalue weighted by Crippen LogP contribution is -2.35. The molecule has 0 aliphatic carbocycles. The summed E-state index contributed by atoms with van der Waals surface area (Å²) in [6, 6.07) is 9.11. The van der Waals surface area contributed by atoms with Gasteiger partial charge in [0.05, 0.1) is 24.3 Å². The number of benzene rings is 2. The highest BCUT2D eigenvalue weighted by atomic mass is 19.3. The van der Waals surface area contributed by atoms with Gasteiger partial charge in [-0.1, -0.05) is 18.2 Å². The van der Waals surface area contributed by atoms with Crippen molar-refractivity contribution < 1.29 is 32.9 Å². The van der Waals surface area contributed by atoms with Crippen molar-refractivity contribution in [3.05, 3.63) is 58.8 Å². The first kappa shape index (κ1) is 19.4. The molecule has 6 nitrogen and oxygen atoms in total. The SMILES string of the molecule is O=C1/C(=C/c2ccccc2OC(F)F)Oc2c1ccc(O)c2CN1CCOCC1. The van der Waals surface area contributed by atoms with Crippen LogP contribution in [0.2, 0.25) is 0 Å². The lowest BCUT2D eigenvalue weighted by atomic mass is 10.0. The number of ketones is 1. The minimum atomic E-state index is -2.98. The van der Waals surface area contributed by atoms with Crippen LogP contribution in [-0.2, 0) is 11.3 Å². The molecule has 1 saturated heterocycles. The monoisotopic (exact) mass is 403 g/mol. The number of carbonyl (C=O) groups is 1. The maximum absolute atomic E-state index is 12.8. The van der Waals surface area contributed by atoms with Crippen LogP contribution < -0.4 is 9.47 Å². The molecule has 0 saturated carbocycles. The van der Waals surface area contributed by atoms with Crippen molar-refractivity contribution in [2.24, 2.45) is 0 Å². The Kier molecular flexibility index (Phi) is 5.46. The number of halogens is 2. The number of phenols is 1. The summed E-state index contributed by atoms with van der Waals surface area (Å²) < 4.78 is 40.9. The van der Waals surface area contributed by atoms with E-state index in [1.165, 1.54) is 24.3 Å². The van der Waals surface area contributed by atoms with Crippen molar-refractivity contribution >= 4 is 11.9 Å². The number of nitrogens with zero attached hydrogens (tertiary/aromatic N) is 1. The summed E-state index contributed by atoms with van der Waals surface area (Å²) in [5.41, 5.74) is 1.13. The standard InChI is InChI=1S/C21H19F2NO5/c22-21(23)29-17-4-2-1-3-13(17)11-18-19(26)14-5-6-16(25)15(20(14)28-18)12-24-7-9-27-10-8-24/h1-6,11,21,25H,7-10,12H2/b18-11-. The predicted molar refractivity (Wildman–Crippen MR) is 100 cm³/mol. The molecule has 152 valence electrons. The predicted octanol–water partition coefficient (Wildman–Crippen LogP) is 3.44. The number of carbonyl (C=O) groups excluding carboxylic acids is 1. The first-order chi connectivity index (χ1) is 14.0. The van der Waals surface area contributed by atoms with Gasteiger partial charge in [0.15, 0.2) is 5.76 Å². The van der Waals surface area contributed by atoms with E-state index in [0.29, 0.717) is 55.3 Å². The average molecular weight is 403 g/mol. The summed E-state index contributed by atoms with van der Waals surface area (Å²) >= 11 is 0. The molecule has 8 heteroatoms. The van der Waals surface area contributed by atoms with Crippen LogP contribution in [0.4, 0.5) is 8.78 Å². The Morgan fingerprint density at radius 3 is 2.69 bits per heavy atom. The highest BCUT2D eigenvalue weighted by molar-refractivity contribution is 6.15. The molecule has 0 radical (unpaired) electrons. The van der Waals surface area contributed by atoms with E-state index >= 15 is 0 Å². The van der Waals surface area contributed by atoms with Gasteiger partial charge < -0.3 is 19.3 Å². The third kappa shape index (κ3) is 4.08. The number of phenolic OH excluding ortho intramolecular Hbond substituents is 1. The molecule has 0 spiro atoms. The van der Waals surface area contributed by atoms with E-state index in [4.69, 9.17) is 9.47 Å². The topological polar surface area (TPSA) is 68.2 Å². The Balaban J connectivity index is 1.65. The number of Topliss-reactive ketones (excluding diaryl/α,β-unsaturated/α-hetero) is 1. The van der Waals surface area contributed by atoms with Gasteiger partial charge in [0.25, 0.3) is 0 Å². The summed E-state index contributed by atoms with van der Waals surface area (Å²) in [7, 11) is 0. The first-order valence-electron chi connectivity index (χ1n) is 9.16. The lowest BCUT2D eigenvalue weighted by Gasteiger charge is -2.27. The van der Waals surface area contributed by atoms with Gasteiger partial charge in [-0.05, 0) is 24.3 Å². The van der Waals surface area contributed by atoms with E-state index in [9.17, 15) is 18.7 Å². The van der Waals surface area contributed by atoms with E-state index in [1.807, 2.05) is 0 Å². The fourth-order valence-corrected chi connectivity index (χ4v) is 3.38. The van der Waals surface area contributed by atoms with E-state index < -0.39 is 6.61 Å². The Labute approximate surface area is 165 Å². The zero-order valence-corrected chi connectivity index (χ0v) is 15.4. The molecule has 2 aliphatic rings. The molecule has 1 N–H and O–H groups in total. The zero-order chi connectivity index (χ0) is 20.4. The summed E-state index contributed by atoms with van der Waals surface area (Å²) in [5.74, 6) is -0.126. The highest BCUT2D eigenvalue weighted by Crippen LogP contribution is 2.40. The molecule has 2 heterocycles. The number of allylic oxidation sites excluding steroid dienone is 1. The Morgan fingerprint density at radius 1 is 1.17 bits per heavy atom. The number of morpholine rings is 1. The van der Waals surface area contributed by atoms with Crippen molar-refractivity contribution in [2.75, 3.05) is 26.3 Å². The summed E-state index contributed by atoms with van der Waals surface area (Å²) in [6.07, 6.45) is 1.37. The molecule has 0 atom stereocenters. The Bertz CT molecular complexity index is 954. The number of alkyl halides is 2. The minimum Gasteiger partial charge on any atom is -0.507 e. The van der Waals surface area contributed by atoms with Crippen LogP contribution in [0.15, 0.2) is 42.2 Å². The van der Waals surface area contributed by atoms with E-state index in [0.717, 1.165) is 0 Å². The molecule has 29 heavy (non-hydrogen) atoms. The third-order valence-electron chi connectivity index (χ3n) is 4.82. The molecule has 0 aromatic heterocycles. The van der Waals surface area contributed by atoms with Crippen molar-refractivity contribution in [1.82, 2.24) is 4.90 Å². The smallest absolute Gasteiger partial charge is 0.387 e. The second-order valence-corrected chi connectivity index (χ2v) is 6.68. The number of fused-ring (bicyclic) bond motifs is 1. The quantitative estimate of drug-likeness (QED) is 0.772. The molecule has 2 aliphatic heterocycles. The summed E-state index contributed by atoms with van der Waals surface area (Å²) in [5, 5.41) is 10.3. The molecule has 1 fully saturated rings. The molecular formula is C21H19F2NO5. The second-order valence-electron chi connectivity index (χ2n) is 6.68. The van der Waals surface area contributed by atoms with Gasteiger partial charge >= 0.3 is 6.61 Å². The Morgan fingerprint density at radius 2 is 1.93 bits per heavy atom. The minimum absolute atomic E-state index is 0.0147. The number of aromatic hydroxyl groups is 1. The van der Waals surface area contributed by atoms with Gasteiger partial charge in [0.1, 0.15) is 17.2 Å². The van der Waals surface area contributed by atoms with Crippen LogP contribution in [-0.4, -0.2) is 48.7 Å². The molecule has 0 amide bonds. The summed E-state index contributed by atoms with van der Waals surface area (Å²) in [6.45, 7) is 0.0350. The fraction of sp³-hybridized carbons (Fsp3) is 0.286. The lowest BCUT2D eigenvalue weighted by molar-refractivity contribution is -0.0499. The van der Waals surface area contributed by atoms with Gasteiger partial charge in [-0.2, -0.15) is 8.78 Å². The van der Waals surface area contributed by atoms with Crippen molar-refractivity contribution in [2.45, 2.75) is 13.2 Å². The Hall–Kier alpha value is -2.97. The third-order valence-corrected chi connectivity index (χ3v) is 4.82. The van der Waals surface area contributed by atoms with Crippen molar-refractivity contribution in [3.63, 3.8) is 0 Å². The van der Waals surface area contributed by atoms with Gasteiger partial charge in [-0.15, -0.1) is 0 Å². The largest absolute Gasteiger partial charge is 0.507 e. The van der Waals surface area contributed by atoms with Crippen LogP contribution >= 0.6 is 0 Å². The molecule has 2 aromatic carbocycles.